The number of aryl methyl sites for hydroxylation is 2. The Morgan fingerprint density at radius 2 is 2.16 bits per heavy atom. The average molecular weight is 345 g/mol. The minimum atomic E-state index is -1.12. The van der Waals surface area contributed by atoms with Gasteiger partial charge in [0.05, 0.1) is 18.5 Å². The molecule has 0 aromatic carbocycles. The molecule has 1 aliphatic heterocycles. The summed E-state index contributed by atoms with van der Waals surface area (Å²) in [6, 6.07) is 3.40. The number of carbonyl (C=O) groups excluding carboxylic acids is 1. The normalized spacial score (nSPS) is 17.7. The van der Waals surface area contributed by atoms with Gasteiger partial charge in [0.25, 0.3) is 5.91 Å². The molecule has 0 radical (unpaired) electrons. The number of aliphatic carboxylic acids is 1. The summed E-state index contributed by atoms with van der Waals surface area (Å²) in [5.74, 6) is -1.61. The molecule has 0 unspecified atom stereocenters. The predicted molar refractivity (Wildman–Crippen MR) is 89.7 cm³/mol. The molecule has 25 heavy (non-hydrogen) atoms. The van der Waals surface area contributed by atoms with Crippen LogP contribution in [0.5, 0.6) is 0 Å². The number of fused-ring (bicyclic) bond motifs is 1. The zero-order valence-corrected chi connectivity index (χ0v) is 14.1. The Bertz CT molecular complexity index is 905. The van der Waals surface area contributed by atoms with Crippen molar-refractivity contribution in [3.8, 4) is 0 Å². The van der Waals surface area contributed by atoms with Crippen molar-refractivity contribution in [2.75, 3.05) is 19.7 Å². The third-order valence-corrected chi connectivity index (χ3v) is 4.26. The third kappa shape index (κ3) is 3.12. The van der Waals surface area contributed by atoms with Gasteiger partial charge in [0.1, 0.15) is 11.2 Å². The number of aromatic nitrogens is 2. The number of amides is 1. The van der Waals surface area contributed by atoms with E-state index in [1.54, 1.807) is 16.7 Å². The highest BCUT2D eigenvalue weighted by molar-refractivity contribution is 5.97. The lowest BCUT2D eigenvalue weighted by atomic mass is 10.1. The van der Waals surface area contributed by atoms with E-state index in [-0.39, 0.29) is 25.3 Å². The van der Waals surface area contributed by atoms with E-state index in [0.717, 1.165) is 5.69 Å². The SMILES string of the molecule is CCn1cc(C(=O)N2CCO[C@H](C(=O)O)C2)c(=O)c2ccc(C)nc21. The van der Waals surface area contributed by atoms with Crippen LogP contribution in [0.2, 0.25) is 0 Å². The van der Waals surface area contributed by atoms with Gasteiger partial charge in [0, 0.05) is 25.0 Å². The molecule has 1 N–H and O–H groups in total. The standard InChI is InChI=1S/C17H19N3O5/c1-3-19-8-12(14(21)11-5-4-10(2)18-15(11)19)16(22)20-6-7-25-13(9-20)17(23)24/h4-5,8,13H,3,6-7,9H2,1-2H3,(H,23,24)/t13-/m0/s1. The summed E-state index contributed by atoms with van der Waals surface area (Å²) in [6.07, 6.45) is 0.431. The molecule has 3 heterocycles. The number of hydrogen-bond donors (Lipinski definition) is 1. The fourth-order valence-electron chi connectivity index (χ4n) is 2.91. The summed E-state index contributed by atoms with van der Waals surface area (Å²) in [4.78, 5) is 42.4. The van der Waals surface area contributed by atoms with Crippen LogP contribution in [0, 0.1) is 6.92 Å². The van der Waals surface area contributed by atoms with Crippen LogP contribution >= 0.6 is 0 Å². The fourth-order valence-corrected chi connectivity index (χ4v) is 2.91. The summed E-state index contributed by atoms with van der Waals surface area (Å²) in [5.41, 5.74) is 0.946. The van der Waals surface area contributed by atoms with E-state index in [1.165, 1.54) is 11.1 Å². The lowest BCUT2D eigenvalue weighted by Crippen LogP contribution is -2.49. The molecular formula is C17H19N3O5. The van der Waals surface area contributed by atoms with E-state index < -0.39 is 23.4 Å². The van der Waals surface area contributed by atoms with Crippen molar-refractivity contribution in [2.45, 2.75) is 26.5 Å². The molecule has 8 nitrogen and oxygen atoms in total. The highest BCUT2D eigenvalue weighted by Gasteiger charge is 2.31. The number of hydrogen-bond acceptors (Lipinski definition) is 5. The molecule has 0 saturated carbocycles. The molecule has 1 aliphatic rings. The van der Waals surface area contributed by atoms with Crippen molar-refractivity contribution >= 4 is 22.9 Å². The van der Waals surface area contributed by atoms with Crippen LogP contribution in [0.25, 0.3) is 11.0 Å². The molecule has 2 aromatic heterocycles. The van der Waals surface area contributed by atoms with Crippen molar-refractivity contribution in [2.24, 2.45) is 0 Å². The number of nitrogens with zero attached hydrogens (tertiary/aromatic N) is 3. The number of rotatable bonds is 3. The van der Waals surface area contributed by atoms with Gasteiger partial charge < -0.3 is 19.3 Å². The highest BCUT2D eigenvalue weighted by Crippen LogP contribution is 2.14. The van der Waals surface area contributed by atoms with Crippen molar-refractivity contribution in [1.29, 1.82) is 0 Å². The van der Waals surface area contributed by atoms with Crippen molar-refractivity contribution < 1.29 is 19.4 Å². The summed E-state index contributed by atoms with van der Waals surface area (Å²) in [7, 11) is 0. The lowest BCUT2D eigenvalue weighted by Gasteiger charge is -2.30. The molecule has 132 valence electrons. The summed E-state index contributed by atoms with van der Waals surface area (Å²) >= 11 is 0. The van der Waals surface area contributed by atoms with Gasteiger partial charge in [-0.3, -0.25) is 9.59 Å². The second-order valence-corrected chi connectivity index (χ2v) is 5.93. The van der Waals surface area contributed by atoms with Crippen LogP contribution in [0.4, 0.5) is 0 Å². The Morgan fingerprint density at radius 1 is 1.40 bits per heavy atom. The minimum Gasteiger partial charge on any atom is -0.479 e. The Hall–Kier alpha value is -2.74. The molecular weight excluding hydrogens is 326 g/mol. The molecule has 2 aromatic rings. The minimum absolute atomic E-state index is 0.0195. The monoisotopic (exact) mass is 345 g/mol. The quantitative estimate of drug-likeness (QED) is 0.876. The second-order valence-electron chi connectivity index (χ2n) is 5.93. The number of ether oxygens (including phenoxy) is 1. The number of carboxylic acid groups (broad SMARTS) is 1. The molecule has 0 spiro atoms. The van der Waals surface area contributed by atoms with E-state index in [1.807, 2.05) is 13.8 Å². The smallest absolute Gasteiger partial charge is 0.334 e. The molecule has 3 rings (SSSR count). The van der Waals surface area contributed by atoms with E-state index in [4.69, 9.17) is 9.84 Å². The van der Waals surface area contributed by atoms with E-state index in [9.17, 15) is 14.4 Å². The number of morpholine rings is 1. The van der Waals surface area contributed by atoms with Gasteiger partial charge in [-0.2, -0.15) is 0 Å². The Morgan fingerprint density at radius 3 is 2.84 bits per heavy atom. The van der Waals surface area contributed by atoms with Gasteiger partial charge in [-0.25, -0.2) is 9.78 Å². The third-order valence-electron chi connectivity index (χ3n) is 4.26. The van der Waals surface area contributed by atoms with Crippen LogP contribution < -0.4 is 5.43 Å². The molecule has 1 atom stereocenters. The van der Waals surface area contributed by atoms with E-state index in [0.29, 0.717) is 17.6 Å². The Balaban J connectivity index is 2.05. The largest absolute Gasteiger partial charge is 0.479 e. The van der Waals surface area contributed by atoms with E-state index >= 15 is 0 Å². The van der Waals surface area contributed by atoms with Crippen LogP contribution in [-0.2, 0) is 16.1 Å². The Labute approximate surface area is 143 Å². The van der Waals surface area contributed by atoms with Gasteiger partial charge in [-0.05, 0) is 26.0 Å². The van der Waals surface area contributed by atoms with Gasteiger partial charge in [-0.1, -0.05) is 0 Å². The Kier molecular flexibility index (Phi) is 4.54. The predicted octanol–water partition coefficient (Wildman–Crippen LogP) is 0.650. The van der Waals surface area contributed by atoms with Gasteiger partial charge in [0.2, 0.25) is 5.43 Å². The summed E-state index contributed by atoms with van der Waals surface area (Å²) < 4.78 is 6.88. The maximum absolute atomic E-state index is 12.8. The maximum atomic E-state index is 12.8. The topological polar surface area (TPSA) is 102 Å². The maximum Gasteiger partial charge on any atom is 0.334 e. The van der Waals surface area contributed by atoms with Crippen molar-refractivity contribution in [3.63, 3.8) is 0 Å². The van der Waals surface area contributed by atoms with Crippen LogP contribution in [0.15, 0.2) is 23.1 Å². The van der Waals surface area contributed by atoms with Crippen molar-refractivity contribution in [3.05, 3.63) is 39.8 Å². The van der Waals surface area contributed by atoms with E-state index in [2.05, 4.69) is 4.98 Å². The van der Waals surface area contributed by atoms with Crippen LogP contribution in [0.1, 0.15) is 23.0 Å². The summed E-state index contributed by atoms with van der Waals surface area (Å²) in [6.45, 7) is 4.58. The molecule has 1 amide bonds. The number of pyridine rings is 2. The van der Waals surface area contributed by atoms with Crippen LogP contribution in [0.3, 0.4) is 0 Å². The first-order valence-corrected chi connectivity index (χ1v) is 8.07. The van der Waals surface area contributed by atoms with Gasteiger partial charge in [-0.15, -0.1) is 0 Å². The summed E-state index contributed by atoms with van der Waals surface area (Å²) in [5, 5.41) is 9.45. The molecule has 1 fully saturated rings. The molecule has 0 aliphatic carbocycles. The number of carbonyl (C=O) groups is 2. The van der Waals surface area contributed by atoms with Gasteiger partial charge in [0.15, 0.2) is 6.10 Å². The zero-order chi connectivity index (χ0) is 18.1. The molecule has 0 bridgehead atoms. The van der Waals surface area contributed by atoms with Crippen molar-refractivity contribution in [1.82, 2.24) is 14.5 Å². The highest BCUT2D eigenvalue weighted by atomic mass is 16.5. The molecule has 8 heteroatoms. The van der Waals surface area contributed by atoms with Gasteiger partial charge >= 0.3 is 5.97 Å². The lowest BCUT2D eigenvalue weighted by molar-refractivity contribution is -0.154. The number of carboxylic acids is 1. The first-order valence-electron chi connectivity index (χ1n) is 8.07. The second kappa shape index (κ2) is 6.64. The zero-order valence-electron chi connectivity index (χ0n) is 14.1. The molecule has 1 saturated heterocycles. The fraction of sp³-hybridized carbons (Fsp3) is 0.412. The van der Waals surface area contributed by atoms with Crippen LogP contribution in [-0.4, -0.2) is 57.2 Å². The first-order chi connectivity index (χ1) is 11.9. The first kappa shape index (κ1) is 17.1. The average Bonchev–Trinajstić information content (AvgIpc) is 2.61.